The van der Waals surface area contributed by atoms with E-state index in [1.165, 1.54) is 16.8 Å². The van der Waals surface area contributed by atoms with E-state index in [1.807, 2.05) is 0 Å². The Labute approximate surface area is 111 Å². The van der Waals surface area contributed by atoms with Crippen LogP contribution >= 0.6 is 0 Å². The Morgan fingerprint density at radius 2 is 1.78 bits per heavy atom. The monoisotopic (exact) mass is 247 g/mol. The SMILES string of the molecule is Cc1cc(C)cc(N2CC(CN)N(C)CC2C)c1. The highest BCUT2D eigenvalue weighted by molar-refractivity contribution is 5.52. The lowest BCUT2D eigenvalue weighted by Gasteiger charge is -2.44. The van der Waals surface area contributed by atoms with Crippen molar-refractivity contribution in [2.24, 2.45) is 5.73 Å². The van der Waals surface area contributed by atoms with Crippen LogP contribution in [0.25, 0.3) is 0 Å². The molecule has 0 aliphatic carbocycles. The largest absolute Gasteiger partial charge is 0.366 e. The molecule has 1 aromatic rings. The third-order valence-corrected chi connectivity index (χ3v) is 3.93. The molecule has 3 heteroatoms. The zero-order valence-corrected chi connectivity index (χ0v) is 12.0. The van der Waals surface area contributed by atoms with Crippen molar-refractivity contribution in [1.82, 2.24) is 4.90 Å². The van der Waals surface area contributed by atoms with Gasteiger partial charge in [-0.25, -0.2) is 0 Å². The highest BCUT2D eigenvalue weighted by Crippen LogP contribution is 2.24. The molecule has 2 atom stereocenters. The highest BCUT2D eigenvalue weighted by atomic mass is 15.3. The van der Waals surface area contributed by atoms with Crippen molar-refractivity contribution < 1.29 is 0 Å². The molecule has 0 saturated carbocycles. The molecule has 0 bridgehead atoms. The average molecular weight is 247 g/mol. The standard InChI is InChI=1S/C15H25N3/c1-11-5-12(2)7-14(6-11)18-10-15(8-16)17(4)9-13(18)3/h5-7,13,15H,8-10,16H2,1-4H3. The fourth-order valence-electron chi connectivity index (χ4n) is 2.94. The molecule has 0 amide bonds. The lowest BCUT2D eigenvalue weighted by molar-refractivity contribution is 0.197. The fourth-order valence-corrected chi connectivity index (χ4v) is 2.94. The molecule has 3 nitrogen and oxygen atoms in total. The summed E-state index contributed by atoms with van der Waals surface area (Å²) in [6, 6.07) is 7.79. The van der Waals surface area contributed by atoms with E-state index in [4.69, 9.17) is 5.73 Å². The van der Waals surface area contributed by atoms with Gasteiger partial charge in [0.1, 0.15) is 0 Å². The maximum Gasteiger partial charge on any atom is 0.0391 e. The summed E-state index contributed by atoms with van der Waals surface area (Å²) in [5, 5.41) is 0. The molecule has 1 aliphatic heterocycles. The molecule has 1 heterocycles. The van der Waals surface area contributed by atoms with E-state index >= 15 is 0 Å². The van der Waals surface area contributed by atoms with Crippen LogP contribution in [0, 0.1) is 13.8 Å². The maximum absolute atomic E-state index is 5.87. The Hall–Kier alpha value is -1.06. The molecule has 1 aliphatic rings. The Balaban J connectivity index is 2.25. The zero-order chi connectivity index (χ0) is 13.3. The summed E-state index contributed by atoms with van der Waals surface area (Å²) in [5.74, 6) is 0. The van der Waals surface area contributed by atoms with Crippen molar-refractivity contribution in [2.45, 2.75) is 32.9 Å². The number of nitrogens with two attached hydrogens (primary N) is 1. The molecule has 0 spiro atoms. The molecule has 0 radical (unpaired) electrons. The van der Waals surface area contributed by atoms with E-state index in [0.717, 1.165) is 19.6 Å². The molecule has 1 fully saturated rings. The quantitative estimate of drug-likeness (QED) is 0.864. The third-order valence-electron chi connectivity index (χ3n) is 3.93. The van der Waals surface area contributed by atoms with Crippen molar-refractivity contribution in [3.63, 3.8) is 0 Å². The Bertz CT molecular complexity index is 396. The van der Waals surface area contributed by atoms with Crippen molar-refractivity contribution in [1.29, 1.82) is 0 Å². The second-order valence-electron chi connectivity index (χ2n) is 5.68. The van der Waals surface area contributed by atoms with Crippen LogP contribution in [-0.2, 0) is 0 Å². The van der Waals surface area contributed by atoms with Gasteiger partial charge in [0, 0.05) is 37.4 Å². The summed E-state index contributed by atoms with van der Waals surface area (Å²) in [7, 11) is 2.17. The van der Waals surface area contributed by atoms with Crippen LogP contribution in [-0.4, -0.2) is 43.7 Å². The van der Waals surface area contributed by atoms with Gasteiger partial charge < -0.3 is 10.6 Å². The van der Waals surface area contributed by atoms with E-state index < -0.39 is 0 Å². The van der Waals surface area contributed by atoms with Gasteiger partial charge in [-0.3, -0.25) is 4.90 Å². The van der Waals surface area contributed by atoms with Gasteiger partial charge in [-0.05, 0) is 51.1 Å². The second kappa shape index (κ2) is 5.29. The first-order valence-corrected chi connectivity index (χ1v) is 6.76. The Kier molecular flexibility index (Phi) is 3.93. The molecular weight excluding hydrogens is 222 g/mol. The van der Waals surface area contributed by atoms with E-state index in [9.17, 15) is 0 Å². The number of nitrogens with zero attached hydrogens (tertiary/aromatic N) is 2. The first-order chi connectivity index (χ1) is 8.51. The summed E-state index contributed by atoms with van der Waals surface area (Å²) in [5.41, 5.74) is 9.88. The molecule has 0 aromatic heterocycles. The van der Waals surface area contributed by atoms with Crippen LogP contribution in [0.3, 0.4) is 0 Å². The summed E-state index contributed by atoms with van der Waals surface area (Å²) in [4.78, 5) is 4.88. The van der Waals surface area contributed by atoms with Gasteiger partial charge in [0.05, 0.1) is 0 Å². The van der Waals surface area contributed by atoms with Gasteiger partial charge in [-0.2, -0.15) is 0 Å². The summed E-state index contributed by atoms with van der Waals surface area (Å²) < 4.78 is 0. The van der Waals surface area contributed by atoms with Crippen LogP contribution in [0.4, 0.5) is 5.69 Å². The van der Waals surface area contributed by atoms with E-state index in [-0.39, 0.29) is 0 Å². The van der Waals surface area contributed by atoms with Gasteiger partial charge in [0.15, 0.2) is 0 Å². The molecule has 2 N–H and O–H groups in total. The number of aryl methyl sites for hydroxylation is 2. The maximum atomic E-state index is 5.87. The van der Waals surface area contributed by atoms with Crippen molar-refractivity contribution in [2.75, 3.05) is 31.6 Å². The molecule has 1 aromatic carbocycles. The number of rotatable bonds is 2. The molecule has 100 valence electrons. The van der Waals surface area contributed by atoms with Crippen LogP contribution in [0.15, 0.2) is 18.2 Å². The van der Waals surface area contributed by atoms with Crippen molar-refractivity contribution in [3.05, 3.63) is 29.3 Å². The second-order valence-corrected chi connectivity index (χ2v) is 5.68. The van der Waals surface area contributed by atoms with Gasteiger partial charge in [-0.15, -0.1) is 0 Å². The Morgan fingerprint density at radius 3 is 2.33 bits per heavy atom. The highest BCUT2D eigenvalue weighted by Gasteiger charge is 2.28. The molecule has 2 unspecified atom stereocenters. The normalized spacial score (nSPS) is 25.5. The topological polar surface area (TPSA) is 32.5 Å². The minimum atomic E-state index is 0.460. The van der Waals surface area contributed by atoms with E-state index in [2.05, 4.69) is 55.8 Å². The number of hydrogen-bond donors (Lipinski definition) is 1. The number of benzene rings is 1. The van der Waals surface area contributed by atoms with E-state index in [1.54, 1.807) is 0 Å². The predicted molar refractivity (Wildman–Crippen MR) is 78.2 cm³/mol. The number of piperazine rings is 1. The van der Waals surface area contributed by atoms with Crippen molar-refractivity contribution >= 4 is 5.69 Å². The van der Waals surface area contributed by atoms with E-state index in [0.29, 0.717) is 12.1 Å². The summed E-state index contributed by atoms with van der Waals surface area (Å²) >= 11 is 0. The fraction of sp³-hybridized carbons (Fsp3) is 0.600. The molecule has 1 saturated heterocycles. The van der Waals surface area contributed by atoms with Gasteiger partial charge in [0.2, 0.25) is 0 Å². The van der Waals surface area contributed by atoms with Gasteiger partial charge in [0.25, 0.3) is 0 Å². The third kappa shape index (κ3) is 2.68. The van der Waals surface area contributed by atoms with Gasteiger partial charge in [-0.1, -0.05) is 6.07 Å². The first-order valence-electron chi connectivity index (χ1n) is 6.76. The number of anilines is 1. The predicted octanol–water partition coefficient (Wildman–Crippen LogP) is 1.77. The Morgan fingerprint density at radius 1 is 1.17 bits per heavy atom. The van der Waals surface area contributed by atoms with Crippen LogP contribution in [0.2, 0.25) is 0 Å². The van der Waals surface area contributed by atoms with Crippen LogP contribution in [0.1, 0.15) is 18.1 Å². The van der Waals surface area contributed by atoms with Crippen LogP contribution in [0.5, 0.6) is 0 Å². The lowest BCUT2D eigenvalue weighted by Crippen LogP contribution is -2.58. The van der Waals surface area contributed by atoms with Crippen LogP contribution < -0.4 is 10.6 Å². The van der Waals surface area contributed by atoms with Gasteiger partial charge >= 0.3 is 0 Å². The lowest BCUT2D eigenvalue weighted by atomic mass is 10.0. The average Bonchev–Trinajstić information content (AvgIpc) is 2.27. The van der Waals surface area contributed by atoms with Crippen molar-refractivity contribution in [3.8, 4) is 0 Å². The number of hydrogen-bond acceptors (Lipinski definition) is 3. The smallest absolute Gasteiger partial charge is 0.0391 e. The molecular formula is C15H25N3. The molecule has 2 rings (SSSR count). The minimum absolute atomic E-state index is 0.460. The zero-order valence-electron chi connectivity index (χ0n) is 12.0. The first kappa shape index (κ1) is 13.4. The number of likely N-dealkylation sites (N-methyl/N-ethyl adjacent to an activating group) is 1. The minimum Gasteiger partial charge on any atom is -0.366 e. The summed E-state index contributed by atoms with van der Waals surface area (Å²) in [6.45, 7) is 9.45. The summed E-state index contributed by atoms with van der Waals surface area (Å²) in [6.07, 6.45) is 0. The molecule has 18 heavy (non-hydrogen) atoms.